The highest BCUT2D eigenvalue weighted by Gasteiger charge is 2.46. The summed E-state index contributed by atoms with van der Waals surface area (Å²) < 4.78 is 37.9. The molecule has 0 unspecified atom stereocenters. The van der Waals surface area contributed by atoms with Crippen molar-refractivity contribution < 1.29 is 52.9 Å². The van der Waals surface area contributed by atoms with Gasteiger partial charge < -0.3 is 52.9 Å². The van der Waals surface area contributed by atoms with Crippen LogP contribution >= 0.6 is 0 Å². The van der Waals surface area contributed by atoms with Gasteiger partial charge in [-0.25, -0.2) is 9.59 Å². The van der Waals surface area contributed by atoms with E-state index < -0.39 is 48.6 Å². The van der Waals surface area contributed by atoms with Gasteiger partial charge in [0.05, 0.1) is 24.5 Å². The van der Waals surface area contributed by atoms with Crippen LogP contribution in [0.3, 0.4) is 0 Å². The fourth-order valence-corrected chi connectivity index (χ4v) is 4.57. The first-order valence-corrected chi connectivity index (χ1v) is 10.5. The summed E-state index contributed by atoms with van der Waals surface area (Å²) in [5.41, 5.74) is -1.75. The van der Waals surface area contributed by atoms with Crippen molar-refractivity contribution in [1.29, 1.82) is 0 Å². The van der Waals surface area contributed by atoms with Crippen LogP contribution in [0.4, 0.5) is 0 Å². The zero-order chi connectivity index (χ0) is 24.6. The van der Waals surface area contributed by atoms with Crippen molar-refractivity contribution >= 4 is 32.7 Å². The van der Waals surface area contributed by atoms with Crippen LogP contribution in [0, 0.1) is 0 Å². The summed E-state index contributed by atoms with van der Waals surface area (Å²) in [6.45, 7) is -0.791. The monoisotopic (exact) mass is 490 g/mol. The van der Waals surface area contributed by atoms with Crippen molar-refractivity contribution in [3.05, 3.63) is 33.0 Å². The number of methoxy groups -OCH3 is 1. The average molecular weight is 490 g/mol. The Kier molecular flexibility index (Phi) is 4.81. The molecule has 2 aliphatic heterocycles. The van der Waals surface area contributed by atoms with Gasteiger partial charge >= 0.3 is 11.3 Å². The molecule has 4 heterocycles. The SMILES string of the molecule is COc1c(O[C@@H]2[C@@H](O)[C@H](O)O[C@H](CO)[C@H]2O)cc2c(=O)oc3c4c(cc5c(=O)oc1c2c35)OCO4. The van der Waals surface area contributed by atoms with Gasteiger partial charge in [-0.1, -0.05) is 0 Å². The summed E-state index contributed by atoms with van der Waals surface area (Å²) >= 11 is 0. The normalized spacial score (nSPS) is 26.1. The molecule has 6 rings (SSSR count). The van der Waals surface area contributed by atoms with E-state index in [1.165, 1.54) is 19.2 Å². The molecule has 2 aliphatic rings. The summed E-state index contributed by atoms with van der Waals surface area (Å²) in [6, 6.07) is 2.67. The standard InChI is InChI=1S/C22H18O13/c1-29-15-9(32-19-13(24)10(4-23)33-22(28)14(19)25)3-7-11-12-6(20(26)34-17(11)15)2-8-16(31-5-30-8)18(12)35-21(7)27/h2-3,10,13-14,19,22-25,28H,4-5H2,1H3/t10-,13-,14-,19+,22-/m1/s1. The van der Waals surface area contributed by atoms with Crippen LogP contribution in [-0.4, -0.2) is 71.6 Å². The van der Waals surface area contributed by atoms with Crippen LogP contribution in [0.25, 0.3) is 32.7 Å². The van der Waals surface area contributed by atoms with Gasteiger partial charge in [0.15, 0.2) is 35.1 Å². The van der Waals surface area contributed by atoms with Gasteiger partial charge in [0, 0.05) is 10.8 Å². The molecule has 1 fully saturated rings. The third kappa shape index (κ3) is 3.00. The second-order valence-corrected chi connectivity index (χ2v) is 8.11. The van der Waals surface area contributed by atoms with E-state index >= 15 is 0 Å². The zero-order valence-corrected chi connectivity index (χ0v) is 17.9. The van der Waals surface area contributed by atoms with Gasteiger partial charge in [-0.05, 0) is 12.1 Å². The van der Waals surface area contributed by atoms with Gasteiger partial charge in [0.25, 0.3) is 0 Å². The van der Waals surface area contributed by atoms with E-state index in [9.17, 15) is 30.0 Å². The van der Waals surface area contributed by atoms with E-state index in [2.05, 4.69) is 0 Å². The lowest BCUT2D eigenvalue weighted by Gasteiger charge is -2.40. The molecule has 0 aliphatic carbocycles. The highest BCUT2D eigenvalue weighted by atomic mass is 16.7. The number of rotatable bonds is 4. The van der Waals surface area contributed by atoms with E-state index in [4.69, 9.17) is 32.5 Å². The van der Waals surface area contributed by atoms with Crippen LogP contribution in [0.15, 0.2) is 30.6 Å². The Balaban J connectivity index is 1.62. The first-order chi connectivity index (χ1) is 16.8. The first kappa shape index (κ1) is 21.9. The third-order valence-electron chi connectivity index (χ3n) is 6.21. The Morgan fingerprint density at radius 2 is 1.66 bits per heavy atom. The number of hydrogen-bond donors (Lipinski definition) is 4. The van der Waals surface area contributed by atoms with Crippen molar-refractivity contribution in [3.63, 3.8) is 0 Å². The summed E-state index contributed by atoms with van der Waals surface area (Å²) in [4.78, 5) is 25.9. The molecule has 35 heavy (non-hydrogen) atoms. The van der Waals surface area contributed by atoms with Crippen LogP contribution in [-0.2, 0) is 4.74 Å². The molecule has 184 valence electrons. The minimum atomic E-state index is -1.77. The van der Waals surface area contributed by atoms with Crippen molar-refractivity contribution in [2.45, 2.75) is 30.7 Å². The lowest BCUT2D eigenvalue weighted by atomic mass is 9.98. The van der Waals surface area contributed by atoms with E-state index in [0.717, 1.165) is 0 Å². The van der Waals surface area contributed by atoms with Crippen molar-refractivity contribution in [3.8, 4) is 23.0 Å². The predicted octanol–water partition coefficient (Wildman–Crippen LogP) is -0.594. The third-order valence-corrected chi connectivity index (χ3v) is 6.21. The Hall–Kier alpha value is -3.62. The first-order valence-electron chi connectivity index (χ1n) is 10.5. The Morgan fingerprint density at radius 1 is 0.971 bits per heavy atom. The Labute approximate surface area is 193 Å². The van der Waals surface area contributed by atoms with Gasteiger partial charge in [-0.15, -0.1) is 0 Å². The van der Waals surface area contributed by atoms with E-state index in [0.29, 0.717) is 0 Å². The smallest absolute Gasteiger partial charge is 0.344 e. The molecule has 2 aromatic carbocycles. The fourth-order valence-electron chi connectivity index (χ4n) is 4.57. The molecule has 1 saturated heterocycles. The van der Waals surface area contributed by atoms with Crippen LogP contribution < -0.4 is 30.2 Å². The largest absolute Gasteiger partial charge is 0.490 e. The number of hydrogen-bond acceptors (Lipinski definition) is 13. The fraction of sp³-hybridized carbons (Fsp3) is 0.364. The maximum atomic E-state index is 13.0. The van der Waals surface area contributed by atoms with E-state index in [1.54, 1.807) is 0 Å². The van der Waals surface area contributed by atoms with Crippen molar-refractivity contribution in [2.75, 3.05) is 20.5 Å². The number of fused-ring (bicyclic) bond motifs is 2. The number of aliphatic hydroxyl groups is 4. The predicted molar refractivity (Wildman–Crippen MR) is 114 cm³/mol. The molecule has 0 bridgehead atoms. The summed E-state index contributed by atoms with van der Waals surface area (Å²) in [7, 11) is 1.26. The Bertz CT molecular complexity index is 1570. The highest BCUT2D eigenvalue weighted by molar-refractivity contribution is 6.22. The van der Waals surface area contributed by atoms with Gasteiger partial charge in [-0.2, -0.15) is 0 Å². The summed E-state index contributed by atoms with van der Waals surface area (Å²) in [5.74, 6) is 0.0662. The lowest BCUT2D eigenvalue weighted by Crippen LogP contribution is -2.60. The van der Waals surface area contributed by atoms with E-state index in [-0.39, 0.29) is 62.5 Å². The molecule has 0 amide bonds. The second kappa shape index (κ2) is 7.69. The zero-order valence-electron chi connectivity index (χ0n) is 17.9. The maximum Gasteiger partial charge on any atom is 0.344 e. The minimum Gasteiger partial charge on any atom is -0.490 e. The topological polar surface area (TPSA) is 187 Å². The minimum absolute atomic E-state index is 0.00491. The van der Waals surface area contributed by atoms with Crippen LogP contribution in [0.5, 0.6) is 23.0 Å². The van der Waals surface area contributed by atoms with Crippen LogP contribution in [0.1, 0.15) is 0 Å². The number of ether oxygens (including phenoxy) is 5. The molecule has 0 radical (unpaired) electrons. The molecule has 5 atom stereocenters. The molecule has 0 saturated carbocycles. The lowest BCUT2D eigenvalue weighted by molar-refractivity contribution is -0.282. The van der Waals surface area contributed by atoms with Gasteiger partial charge in [-0.3, -0.25) is 0 Å². The molecular weight excluding hydrogens is 472 g/mol. The number of aliphatic hydroxyl groups excluding tert-OH is 4. The molecule has 4 aromatic rings. The molecule has 2 aromatic heterocycles. The summed E-state index contributed by atoms with van der Waals surface area (Å²) in [6.07, 6.45) is -7.85. The van der Waals surface area contributed by atoms with Crippen molar-refractivity contribution in [1.82, 2.24) is 0 Å². The molecule has 0 spiro atoms. The Morgan fingerprint density at radius 3 is 2.37 bits per heavy atom. The van der Waals surface area contributed by atoms with E-state index in [1.807, 2.05) is 0 Å². The molecular formula is C22H18O13. The van der Waals surface area contributed by atoms with Crippen LogP contribution in [0.2, 0.25) is 0 Å². The average Bonchev–Trinajstić information content (AvgIpc) is 3.32. The second-order valence-electron chi connectivity index (χ2n) is 8.11. The number of benzene rings is 2. The maximum absolute atomic E-state index is 13.0. The quantitative estimate of drug-likeness (QED) is 0.210. The van der Waals surface area contributed by atoms with Gasteiger partial charge in [0.1, 0.15) is 18.3 Å². The van der Waals surface area contributed by atoms with Gasteiger partial charge in [0.2, 0.25) is 18.3 Å². The molecule has 13 nitrogen and oxygen atoms in total. The molecule has 4 N–H and O–H groups in total. The highest BCUT2D eigenvalue weighted by Crippen LogP contribution is 2.47. The molecule has 13 heteroatoms. The van der Waals surface area contributed by atoms with Crippen molar-refractivity contribution in [2.24, 2.45) is 0 Å². The summed E-state index contributed by atoms with van der Waals surface area (Å²) in [5, 5.41) is 40.7.